The van der Waals surface area contributed by atoms with E-state index in [1.807, 2.05) is 0 Å². The Balaban J connectivity index is 0.000000293. The molecule has 0 heterocycles. The third kappa shape index (κ3) is 8.42. The van der Waals surface area contributed by atoms with Crippen molar-refractivity contribution < 1.29 is 8.78 Å². The number of nitrogens with one attached hydrogen (secondary N) is 1. The maximum atomic E-state index is 12.1. The summed E-state index contributed by atoms with van der Waals surface area (Å²) in [4.78, 5) is 0. The summed E-state index contributed by atoms with van der Waals surface area (Å²) in [6.07, 6.45) is 0. The smallest absolute Gasteiger partial charge is 0.125 e. The molecular formula is C12H18BF2N. The van der Waals surface area contributed by atoms with Crippen molar-refractivity contribution in [2.75, 3.05) is 0 Å². The summed E-state index contributed by atoms with van der Waals surface area (Å²) in [7, 11) is 5.08. The molecule has 1 nitrogen and oxygen atoms in total. The van der Waals surface area contributed by atoms with Crippen LogP contribution in [0.1, 0.15) is 27.7 Å². The van der Waals surface area contributed by atoms with Crippen molar-refractivity contribution in [1.82, 2.24) is 5.32 Å². The Hall–Kier alpha value is -0.895. The van der Waals surface area contributed by atoms with Crippen LogP contribution in [-0.2, 0) is 0 Å². The molecule has 2 radical (unpaired) electrons. The van der Waals surface area contributed by atoms with Crippen molar-refractivity contribution in [3.63, 3.8) is 0 Å². The lowest BCUT2D eigenvalue weighted by Gasteiger charge is -2.10. The van der Waals surface area contributed by atoms with E-state index >= 15 is 0 Å². The highest BCUT2D eigenvalue weighted by Crippen LogP contribution is 1.97. The highest BCUT2D eigenvalue weighted by Gasteiger charge is 1.93. The lowest BCUT2D eigenvalue weighted by Crippen LogP contribution is -2.29. The lowest BCUT2D eigenvalue weighted by molar-refractivity contribution is 0.518. The fourth-order valence-electron chi connectivity index (χ4n) is 1.24. The Labute approximate surface area is 97.7 Å². The van der Waals surface area contributed by atoms with Crippen molar-refractivity contribution in [3.05, 3.63) is 29.8 Å². The summed E-state index contributed by atoms with van der Waals surface area (Å²) in [6.45, 7) is 8.61. The molecule has 1 aromatic carbocycles. The zero-order valence-corrected chi connectivity index (χ0v) is 10.2. The van der Waals surface area contributed by atoms with Gasteiger partial charge in [-0.3, -0.25) is 0 Å². The third-order valence-corrected chi connectivity index (χ3v) is 1.55. The van der Waals surface area contributed by atoms with Crippen molar-refractivity contribution in [3.8, 4) is 0 Å². The van der Waals surface area contributed by atoms with Crippen LogP contribution >= 0.6 is 0 Å². The first-order valence-electron chi connectivity index (χ1n) is 5.29. The molecule has 1 aromatic rings. The monoisotopic (exact) mass is 225 g/mol. The highest BCUT2D eigenvalue weighted by molar-refractivity contribution is 6.32. The first kappa shape index (κ1) is 15.1. The number of halogens is 2. The van der Waals surface area contributed by atoms with Gasteiger partial charge in [-0.05, 0) is 12.1 Å². The molecule has 0 aromatic heterocycles. The van der Waals surface area contributed by atoms with Crippen LogP contribution < -0.4 is 10.8 Å². The van der Waals surface area contributed by atoms with Gasteiger partial charge in [-0.25, -0.2) is 8.78 Å². The molecule has 0 spiro atoms. The second-order valence-corrected chi connectivity index (χ2v) is 4.18. The van der Waals surface area contributed by atoms with Crippen molar-refractivity contribution in [2.24, 2.45) is 0 Å². The molecule has 88 valence electrons. The normalized spacial score (nSPS) is 10.2. The Morgan fingerprint density at radius 3 is 1.50 bits per heavy atom. The lowest BCUT2D eigenvalue weighted by atomic mass is 9.96. The van der Waals surface area contributed by atoms with Gasteiger partial charge in [0.1, 0.15) is 19.5 Å². The SMILES string of the molecule is CC(C)NC(C)C.[B]c1cc(F)cc(F)c1. The molecule has 0 saturated heterocycles. The fraction of sp³-hybridized carbons (Fsp3) is 0.500. The van der Waals surface area contributed by atoms with E-state index in [4.69, 9.17) is 7.85 Å². The van der Waals surface area contributed by atoms with E-state index in [-0.39, 0.29) is 5.46 Å². The first-order chi connectivity index (χ1) is 7.31. The van der Waals surface area contributed by atoms with Gasteiger partial charge in [-0.1, -0.05) is 33.2 Å². The summed E-state index contributed by atoms with van der Waals surface area (Å²) in [5, 5.41) is 3.31. The van der Waals surface area contributed by atoms with E-state index in [1.165, 1.54) is 0 Å². The minimum atomic E-state index is -0.646. The van der Waals surface area contributed by atoms with Gasteiger partial charge in [-0.15, -0.1) is 0 Å². The summed E-state index contributed by atoms with van der Waals surface area (Å²) in [5.74, 6) is -1.29. The Kier molecular flexibility index (Phi) is 6.98. The molecule has 0 saturated carbocycles. The van der Waals surface area contributed by atoms with Gasteiger partial charge in [0.2, 0.25) is 0 Å². The molecule has 0 aliphatic rings. The highest BCUT2D eigenvalue weighted by atomic mass is 19.1. The molecule has 4 heteroatoms. The molecule has 0 unspecified atom stereocenters. The van der Waals surface area contributed by atoms with Gasteiger partial charge in [0.05, 0.1) is 0 Å². The van der Waals surface area contributed by atoms with Gasteiger partial charge in [0.15, 0.2) is 0 Å². The minimum absolute atomic E-state index is 0.104. The standard InChI is InChI=1S/C6H3BF2.C6H15N/c7-4-1-5(8)3-6(9)2-4;1-5(2)7-6(3)4/h1-3H;5-7H,1-4H3. The van der Waals surface area contributed by atoms with Gasteiger partial charge >= 0.3 is 0 Å². The molecule has 0 amide bonds. The van der Waals surface area contributed by atoms with Gasteiger partial charge in [0, 0.05) is 18.2 Å². The molecule has 0 aliphatic heterocycles. The molecule has 0 fully saturated rings. The molecule has 1 rings (SSSR count). The predicted molar refractivity (Wildman–Crippen MR) is 65.2 cm³/mol. The van der Waals surface area contributed by atoms with Crippen LogP contribution in [0.15, 0.2) is 18.2 Å². The number of hydrogen-bond donors (Lipinski definition) is 1. The van der Waals surface area contributed by atoms with E-state index in [0.29, 0.717) is 12.1 Å². The van der Waals surface area contributed by atoms with E-state index in [2.05, 4.69) is 33.0 Å². The van der Waals surface area contributed by atoms with Crippen molar-refractivity contribution in [2.45, 2.75) is 39.8 Å². The van der Waals surface area contributed by atoms with E-state index < -0.39 is 11.6 Å². The Morgan fingerprint density at radius 2 is 1.31 bits per heavy atom. The topological polar surface area (TPSA) is 12.0 Å². The Bertz CT molecular complexity index is 257. The molecular weight excluding hydrogens is 207 g/mol. The number of rotatable bonds is 2. The third-order valence-electron chi connectivity index (χ3n) is 1.55. The van der Waals surface area contributed by atoms with Crippen LogP contribution in [0.2, 0.25) is 0 Å². The summed E-state index contributed by atoms with van der Waals surface area (Å²) < 4.78 is 24.2. The average Bonchev–Trinajstić information content (AvgIpc) is 1.97. The van der Waals surface area contributed by atoms with Crippen LogP contribution in [0.5, 0.6) is 0 Å². The second kappa shape index (κ2) is 7.39. The number of hydrogen-bond acceptors (Lipinski definition) is 1. The zero-order chi connectivity index (χ0) is 12.7. The van der Waals surface area contributed by atoms with Crippen LogP contribution in [0.4, 0.5) is 8.78 Å². The molecule has 0 aliphatic carbocycles. The summed E-state index contributed by atoms with van der Waals surface area (Å²) in [6, 6.07) is 4.14. The number of benzene rings is 1. The minimum Gasteiger partial charge on any atom is -0.312 e. The summed E-state index contributed by atoms with van der Waals surface area (Å²) in [5.41, 5.74) is 0.104. The van der Waals surface area contributed by atoms with E-state index in [0.717, 1.165) is 18.2 Å². The quantitative estimate of drug-likeness (QED) is 0.760. The van der Waals surface area contributed by atoms with Crippen molar-refractivity contribution in [1.29, 1.82) is 0 Å². The van der Waals surface area contributed by atoms with E-state index in [9.17, 15) is 8.78 Å². The van der Waals surface area contributed by atoms with Gasteiger partial charge < -0.3 is 5.32 Å². The van der Waals surface area contributed by atoms with Gasteiger partial charge in [0.25, 0.3) is 0 Å². The van der Waals surface area contributed by atoms with Gasteiger partial charge in [-0.2, -0.15) is 0 Å². The van der Waals surface area contributed by atoms with Crippen molar-refractivity contribution >= 4 is 13.3 Å². The van der Waals surface area contributed by atoms with E-state index in [1.54, 1.807) is 0 Å². The van der Waals surface area contributed by atoms with Crippen LogP contribution in [0.3, 0.4) is 0 Å². The average molecular weight is 225 g/mol. The second-order valence-electron chi connectivity index (χ2n) is 4.18. The van der Waals surface area contributed by atoms with Crippen LogP contribution in [0.25, 0.3) is 0 Å². The fourth-order valence-corrected chi connectivity index (χ4v) is 1.24. The maximum Gasteiger partial charge on any atom is 0.125 e. The molecule has 16 heavy (non-hydrogen) atoms. The first-order valence-corrected chi connectivity index (χ1v) is 5.29. The largest absolute Gasteiger partial charge is 0.312 e. The predicted octanol–water partition coefficient (Wildman–Crippen LogP) is 2.15. The zero-order valence-electron chi connectivity index (χ0n) is 10.2. The summed E-state index contributed by atoms with van der Waals surface area (Å²) >= 11 is 0. The molecule has 1 N–H and O–H groups in total. The molecule has 0 atom stereocenters. The van der Waals surface area contributed by atoms with Crippen LogP contribution in [0, 0.1) is 11.6 Å². The van der Waals surface area contributed by atoms with Crippen LogP contribution in [-0.4, -0.2) is 19.9 Å². The molecule has 0 bridgehead atoms. The maximum absolute atomic E-state index is 12.1. The Morgan fingerprint density at radius 1 is 0.938 bits per heavy atom.